The third-order valence-electron chi connectivity index (χ3n) is 8.81. The van der Waals surface area contributed by atoms with Crippen LogP contribution in [0.25, 0.3) is 0 Å². The first kappa shape index (κ1) is 42.7. The summed E-state index contributed by atoms with van der Waals surface area (Å²) in [6.07, 6.45) is 23.9. The van der Waals surface area contributed by atoms with Gasteiger partial charge in [-0.05, 0) is 44.9 Å². The molecule has 0 aromatic rings. The van der Waals surface area contributed by atoms with Crippen LogP contribution in [0.3, 0.4) is 0 Å². The van der Waals surface area contributed by atoms with Gasteiger partial charge in [0.15, 0.2) is 6.29 Å². The summed E-state index contributed by atoms with van der Waals surface area (Å²) in [5, 5.41) is 53.5. The van der Waals surface area contributed by atoms with Gasteiger partial charge in [0, 0.05) is 6.42 Å². The van der Waals surface area contributed by atoms with Crippen molar-refractivity contribution in [3.8, 4) is 0 Å². The van der Waals surface area contributed by atoms with E-state index in [1.807, 2.05) is 0 Å². The lowest BCUT2D eigenvalue weighted by Gasteiger charge is -2.40. The Morgan fingerprint density at radius 3 is 1.89 bits per heavy atom. The highest BCUT2D eigenvalue weighted by Crippen LogP contribution is 2.22. The summed E-state index contributed by atoms with van der Waals surface area (Å²) < 4.78 is 11.1. The van der Waals surface area contributed by atoms with Gasteiger partial charge in [-0.2, -0.15) is 0 Å². The molecule has 1 heterocycles. The van der Waals surface area contributed by atoms with Gasteiger partial charge in [0.1, 0.15) is 24.4 Å². The molecule has 1 saturated heterocycles. The molecule has 1 fully saturated rings. The van der Waals surface area contributed by atoms with Crippen molar-refractivity contribution in [2.75, 3.05) is 13.2 Å². The van der Waals surface area contributed by atoms with Crippen LogP contribution in [0.1, 0.15) is 149 Å². The largest absolute Gasteiger partial charge is 0.394 e. The van der Waals surface area contributed by atoms with E-state index in [1.54, 1.807) is 0 Å². The Hall–Kier alpha value is -1.33. The first-order valence-corrected chi connectivity index (χ1v) is 18.5. The third-order valence-corrected chi connectivity index (χ3v) is 8.81. The summed E-state index contributed by atoms with van der Waals surface area (Å²) in [5.41, 5.74) is 0. The number of rotatable bonds is 29. The van der Waals surface area contributed by atoms with E-state index in [-0.39, 0.29) is 12.5 Å². The first-order chi connectivity index (χ1) is 22.3. The van der Waals surface area contributed by atoms with Crippen molar-refractivity contribution >= 4 is 5.91 Å². The lowest BCUT2D eigenvalue weighted by molar-refractivity contribution is -0.302. The molecule has 0 bridgehead atoms. The number of allylic oxidation sites excluding steroid dienone is 4. The third kappa shape index (κ3) is 20.1. The van der Waals surface area contributed by atoms with Gasteiger partial charge in [-0.3, -0.25) is 4.79 Å². The van der Waals surface area contributed by atoms with E-state index >= 15 is 0 Å². The van der Waals surface area contributed by atoms with E-state index in [4.69, 9.17) is 9.47 Å². The maximum Gasteiger partial charge on any atom is 0.220 e. The van der Waals surface area contributed by atoms with E-state index in [9.17, 15) is 30.3 Å². The van der Waals surface area contributed by atoms with Crippen LogP contribution in [0.4, 0.5) is 0 Å². The minimum atomic E-state index is -1.55. The fraction of sp³-hybridized carbons (Fsp3) is 0.865. The molecule has 0 spiro atoms. The second-order valence-electron chi connectivity index (χ2n) is 13.0. The molecule has 0 saturated carbocycles. The quantitative estimate of drug-likeness (QED) is 0.0425. The van der Waals surface area contributed by atoms with Crippen molar-refractivity contribution in [1.29, 1.82) is 0 Å². The van der Waals surface area contributed by atoms with Crippen molar-refractivity contribution in [3.05, 3.63) is 24.3 Å². The van der Waals surface area contributed by atoms with Crippen LogP contribution in [0, 0.1) is 0 Å². The zero-order valence-corrected chi connectivity index (χ0v) is 29.1. The van der Waals surface area contributed by atoms with Gasteiger partial charge >= 0.3 is 0 Å². The molecule has 0 aliphatic carbocycles. The summed E-state index contributed by atoms with van der Waals surface area (Å²) in [6, 6.07) is -0.714. The van der Waals surface area contributed by atoms with Crippen LogP contribution < -0.4 is 5.32 Å². The van der Waals surface area contributed by atoms with Crippen LogP contribution in [0.2, 0.25) is 0 Å². The fourth-order valence-electron chi connectivity index (χ4n) is 5.72. The first-order valence-electron chi connectivity index (χ1n) is 18.5. The minimum absolute atomic E-state index is 0.143. The van der Waals surface area contributed by atoms with Crippen LogP contribution in [-0.2, 0) is 14.3 Å². The van der Waals surface area contributed by atoms with Crippen molar-refractivity contribution in [1.82, 2.24) is 5.32 Å². The number of hydrogen-bond donors (Lipinski definition) is 6. The molecule has 0 radical (unpaired) electrons. The molecule has 6 N–H and O–H groups in total. The number of aliphatic hydroxyl groups excluding tert-OH is 5. The van der Waals surface area contributed by atoms with Crippen LogP contribution in [0.5, 0.6) is 0 Å². The maximum atomic E-state index is 12.8. The second kappa shape index (κ2) is 28.7. The van der Waals surface area contributed by atoms with E-state index in [2.05, 4.69) is 43.5 Å². The molecule has 9 heteroatoms. The van der Waals surface area contributed by atoms with E-state index in [0.29, 0.717) is 12.8 Å². The Morgan fingerprint density at radius 1 is 0.739 bits per heavy atom. The van der Waals surface area contributed by atoms with Crippen molar-refractivity contribution < 1.29 is 39.8 Å². The summed E-state index contributed by atoms with van der Waals surface area (Å²) in [7, 11) is 0. The molecule has 1 aliphatic rings. The number of carbonyl (C=O) groups is 1. The van der Waals surface area contributed by atoms with Gasteiger partial charge in [0.2, 0.25) is 5.91 Å². The predicted molar refractivity (Wildman–Crippen MR) is 184 cm³/mol. The molecule has 270 valence electrons. The highest BCUT2D eigenvalue weighted by molar-refractivity contribution is 5.76. The van der Waals surface area contributed by atoms with Crippen LogP contribution >= 0.6 is 0 Å². The van der Waals surface area contributed by atoms with E-state index in [0.717, 1.165) is 51.4 Å². The Balaban J connectivity index is 2.24. The number of hydrogen-bond acceptors (Lipinski definition) is 8. The average Bonchev–Trinajstić information content (AvgIpc) is 3.05. The Kier molecular flexibility index (Phi) is 26.6. The molecule has 46 heavy (non-hydrogen) atoms. The van der Waals surface area contributed by atoms with Gasteiger partial charge in [0.05, 0.1) is 25.4 Å². The van der Waals surface area contributed by atoms with Crippen LogP contribution in [-0.4, -0.2) is 87.5 Å². The molecule has 0 aromatic heterocycles. The van der Waals surface area contributed by atoms with Gasteiger partial charge in [0.25, 0.3) is 0 Å². The molecule has 1 rings (SSSR count). The van der Waals surface area contributed by atoms with E-state index < -0.39 is 49.5 Å². The molecule has 1 amide bonds. The fourth-order valence-corrected chi connectivity index (χ4v) is 5.72. The van der Waals surface area contributed by atoms with Crippen LogP contribution in [0.15, 0.2) is 24.3 Å². The smallest absolute Gasteiger partial charge is 0.220 e. The molecular formula is C37H69NO8. The van der Waals surface area contributed by atoms with Gasteiger partial charge in [-0.25, -0.2) is 0 Å². The number of aliphatic hydroxyl groups is 5. The second-order valence-corrected chi connectivity index (χ2v) is 13.0. The lowest BCUT2D eigenvalue weighted by Crippen LogP contribution is -2.60. The maximum absolute atomic E-state index is 12.8. The molecule has 1 aliphatic heterocycles. The highest BCUT2D eigenvalue weighted by Gasteiger charge is 2.44. The summed E-state index contributed by atoms with van der Waals surface area (Å²) in [6.45, 7) is 3.66. The number of ether oxygens (including phenoxy) is 2. The van der Waals surface area contributed by atoms with Gasteiger partial charge in [-0.1, -0.05) is 122 Å². The van der Waals surface area contributed by atoms with Gasteiger partial charge < -0.3 is 40.3 Å². The van der Waals surface area contributed by atoms with Crippen molar-refractivity contribution in [2.45, 2.75) is 192 Å². The molecule has 7 atom stereocenters. The number of nitrogens with one attached hydrogen (secondary N) is 1. The molecule has 9 nitrogen and oxygen atoms in total. The Bertz CT molecular complexity index is 776. The molecular weight excluding hydrogens is 586 g/mol. The predicted octanol–water partition coefficient (Wildman–Crippen LogP) is 5.99. The molecule has 0 aromatic carbocycles. The minimum Gasteiger partial charge on any atom is -0.394 e. The summed E-state index contributed by atoms with van der Waals surface area (Å²) in [5.74, 6) is -0.160. The van der Waals surface area contributed by atoms with Gasteiger partial charge in [-0.15, -0.1) is 0 Å². The normalized spacial score (nSPS) is 23.3. The average molecular weight is 656 g/mol. The monoisotopic (exact) mass is 656 g/mol. The summed E-state index contributed by atoms with van der Waals surface area (Å²) >= 11 is 0. The lowest BCUT2D eigenvalue weighted by atomic mass is 9.99. The SMILES string of the molecule is CCCCC/C=C\C/C=C\CCCCCCCCCCCC(=O)NC(COC1OC(CO)C(O)C(O)C1O)C(O)CCCCCC. The zero-order valence-electron chi connectivity index (χ0n) is 29.1. The standard InChI is InChI=1S/C37H69NO8/c1-3-5-7-9-10-11-12-13-14-15-16-17-18-19-20-21-22-23-25-27-33(41)38-30(31(40)26-24-8-6-4-2)29-45-37-36(44)35(43)34(42)32(28-39)46-37/h10-11,13-14,30-32,34-37,39-40,42-44H,3-9,12,15-29H2,1-2H3,(H,38,41)/b11-10-,14-13-. The Labute approximate surface area is 279 Å². The molecule has 7 unspecified atom stereocenters. The Morgan fingerprint density at radius 2 is 1.28 bits per heavy atom. The summed E-state index contributed by atoms with van der Waals surface area (Å²) in [4.78, 5) is 12.8. The number of amides is 1. The van der Waals surface area contributed by atoms with Crippen molar-refractivity contribution in [2.24, 2.45) is 0 Å². The van der Waals surface area contributed by atoms with Crippen molar-refractivity contribution in [3.63, 3.8) is 0 Å². The van der Waals surface area contributed by atoms with E-state index in [1.165, 1.54) is 70.6 Å². The zero-order chi connectivity index (χ0) is 33.8. The highest BCUT2D eigenvalue weighted by atomic mass is 16.7. The number of carbonyl (C=O) groups excluding carboxylic acids is 1. The number of unbranched alkanes of at least 4 members (excludes halogenated alkanes) is 15. The topological polar surface area (TPSA) is 149 Å².